The summed E-state index contributed by atoms with van der Waals surface area (Å²) in [5, 5.41) is 0.887. The summed E-state index contributed by atoms with van der Waals surface area (Å²) in [7, 11) is 0. The highest BCUT2D eigenvalue weighted by Gasteiger charge is 2.07. The zero-order valence-corrected chi connectivity index (χ0v) is 12.4. The molecule has 2 N–H and O–H groups in total. The summed E-state index contributed by atoms with van der Waals surface area (Å²) in [5.74, 6) is 1.28. The van der Waals surface area contributed by atoms with Crippen LogP contribution in [-0.2, 0) is 0 Å². The molecule has 0 amide bonds. The molecule has 1 aromatic heterocycles. The summed E-state index contributed by atoms with van der Waals surface area (Å²) in [5.41, 5.74) is 6.26. The quantitative estimate of drug-likeness (QED) is 0.879. The maximum atomic E-state index is 5.93. The lowest BCUT2D eigenvalue weighted by molar-refractivity contribution is 0.302. The summed E-state index contributed by atoms with van der Waals surface area (Å²) < 4.78 is 11.0. The Hall–Kier alpha value is -1.65. The smallest absolute Gasteiger partial charge is 0.240 e. The molecule has 1 aromatic carbocycles. The lowest BCUT2D eigenvalue weighted by Gasteiger charge is -2.10. The highest BCUT2D eigenvalue weighted by molar-refractivity contribution is 6.42. The van der Waals surface area contributed by atoms with Gasteiger partial charge in [0.2, 0.25) is 11.8 Å². The van der Waals surface area contributed by atoms with Gasteiger partial charge in [-0.3, -0.25) is 0 Å². The van der Waals surface area contributed by atoms with Crippen LogP contribution in [0.25, 0.3) is 0 Å². The van der Waals surface area contributed by atoms with Gasteiger partial charge in [0.1, 0.15) is 5.75 Å². The summed E-state index contributed by atoms with van der Waals surface area (Å²) in [6.45, 7) is 2.56. The molecule has 0 aliphatic heterocycles. The molecule has 4 nitrogen and oxygen atoms in total. The van der Waals surface area contributed by atoms with Crippen LogP contribution in [-0.4, -0.2) is 11.6 Å². The van der Waals surface area contributed by atoms with E-state index in [1.165, 1.54) is 0 Å². The Kier molecular flexibility index (Phi) is 4.93. The van der Waals surface area contributed by atoms with Gasteiger partial charge in [-0.25, -0.2) is 0 Å². The molecule has 0 fully saturated rings. The molecule has 0 aliphatic rings. The van der Waals surface area contributed by atoms with E-state index in [1.54, 1.807) is 30.3 Å². The number of nitrogen functional groups attached to an aromatic ring is 1. The van der Waals surface area contributed by atoms with Crippen LogP contribution in [0.1, 0.15) is 13.3 Å². The zero-order valence-electron chi connectivity index (χ0n) is 10.9. The van der Waals surface area contributed by atoms with Gasteiger partial charge >= 0.3 is 0 Å². The van der Waals surface area contributed by atoms with Crippen LogP contribution in [0.3, 0.4) is 0 Å². The second-order valence-corrected chi connectivity index (χ2v) is 4.88. The maximum Gasteiger partial charge on any atom is 0.240 e. The molecule has 0 saturated heterocycles. The molecule has 0 saturated carbocycles. The van der Waals surface area contributed by atoms with Crippen molar-refractivity contribution in [3.63, 3.8) is 0 Å². The first-order valence-electron chi connectivity index (χ1n) is 6.12. The third-order valence-electron chi connectivity index (χ3n) is 2.42. The first kappa shape index (κ1) is 14.8. The minimum Gasteiger partial charge on any atom is -0.476 e. The van der Waals surface area contributed by atoms with Gasteiger partial charge in [-0.15, -0.1) is 0 Å². The van der Waals surface area contributed by atoms with Crippen LogP contribution < -0.4 is 15.2 Å². The van der Waals surface area contributed by atoms with Crippen molar-refractivity contribution in [2.75, 3.05) is 12.3 Å². The van der Waals surface area contributed by atoms with Crippen molar-refractivity contribution in [3.05, 3.63) is 40.4 Å². The molecular formula is C14H14Cl2N2O2. The predicted molar refractivity (Wildman–Crippen MR) is 81.0 cm³/mol. The summed E-state index contributed by atoms with van der Waals surface area (Å²) >= 11 is 11.8. The van der Waals surface area contributed by atoms with E-state index in [0.29, 0.717) is 39.8 Å². The molecule has 0 radical (unpaired) electrons. The summed E-state index contributed by atoms with van der Waals surface area (Å²) in [4.78, 5) is 4.21. The number of rotatable bonds is 5. The normalized spacial score (nSPS) is 10.3. The fourth-order valence-electron chi connectivity index (χ4n) is 1.47. The Labute approximate surface area is 127 Å². The maximum absolute atomic E-state index is 5.93. The largest absolute Gasteiger partial charge is 0.476 e. The standard InChI is InChI=1S/C14H14Cl2N2O2/c1-2-7-19-14-12(17)5-6-13(18-14)20-9-3-4-10(15)11(16)8-9/h3-6,8H,2,7,17H2,1H3. The lowest BCUT2D eigenvalue weighted by Crippen LogP contribution is -2.02. The minimum atomic E-state index is 0.365. The summed E-state index contributed by atoms with van der Waals surface area (Å²) in [6, 6.07) is 8.33. The van der Waals surface area contributed by atoms with E-state index < -0.39 is 0 Å². The number of aromatic nitrogens is 1. The van der Waals surface area contributed by atoms with Gasteiger partial charge in [0.25, 0.3) is 0 Å². The number of ether oxygens (including phenoxy) is 2. The molecular weight excluding hydrogens is 299 g/mol. The van der Waals surface area contributed by atoms with Gasteiger partial charge in [-0.2, -0.15) is 4.98 Å². The topological polar surface area (TPSA) is 57.4 Å². The van der Waals surface area contributed by atoms with Crippen molar-refractivity contribution >= 4 is 28.9 Å². The molecule has 0 unspecified atom stereocenters. The molecule has 6 heteroatoms. The van der Waals surface area contributed by atoms with E-state index in [4.69, 9.17) is 38.4 Å². The molecule has 0 spiro atoms. The zero-order chi connectivity index (χ0) is 14.5. The van der Waals surface area contributed by atoms with Gasteiger partial charge in [0, 0.05) is 12.1 Å². The fourth-order valence-corrected chi connectivity index (χ4v) is 1.75. The summed E-state index contributed by atoms with van der Waals surface area (Å²) in [6.07, 6.45) is 0.874. The van der Waals surface area contributed by atoms with Gasteiger partial charge in [-0.1, -0.05) is 30.1 Å². The molecule has 106 valence electrons. The number of nitrogens with zero attached hydrogens (tertiary/aromatic N) is 1. The highest BCUT2D eigenvalue weighted by Crippen LogP contribution is 2.30. The van der Waals surface area contributed by atoms with Crippen molar-refractivity contribution in [2.24, 2.45) is 0 Å². The van der Waals surface area contributed by atoms with Gasteiger partial charge in [0.05, 0.1) is 22.3 Å². The SMILES string of the molecule is CCCOc1nc(Oc2ccc(Cl)c(Cl)c2)ccc1N. The van der Waals surface area contributed by atoms with Crippen LogP contribution in [0, 0.1) is 0 Å². The monoisotopic (exact) mass is 312 g/mol. The first-order valence-corrected chi connectivity index (χ1v) is 6.88. The average Bonchev–Trinajstić information content (AvgIpc) is 2.43. The number of halogens is 2. The molecule has 0 bridgehead atoms. The average molecular weight is 313 g/mol. The Bertz CT molecular complexity index is 606. The second kappa shape index (κ2) is 6.68. The number of hydrogen-bond acceptors (Lipinski definition) is 4. The minimum absolute atomic E-state index is 0.365. The molecule has 2 rings (SSSR count). The van der Waals surface area contributed by atoms with Gasteiger partial charge in [0.15, 0.2) is 0 Å². The second-order valence-electron chi connectivity index (χ2n) is 4.07. The third kappa shape index (κ3) is 3.68. The lowest BCUT2D eigenvalue weighted by atomic mass is 10.3. The van der Waals surface area contributed by atoms with Crippen molar-refractivity contribution in [2.45, 2.75) is 13.3 Å². The predicted octanol–water partition coefficient (Wildman–Crippen LogP) is 4.55. The van der Waals surface area contributed by atoms with Crippen molar-refractivity contribution in [1.82, 2.24) is 4.98 Å². The van der Waals surface area contributed by atoms with Crippen molar-refractivity contribution < 1.29 is 9.47 Å². The van der Waals surface area contributed by atoms with Gasteiger partial charge < -0.3 is 15.2 Å². The van der Waals surface area contributed by atoms with E-state index >= 15 is 0 Å². The van der Waals surface area contributed by atoms with Crippen molar-refractivity contribution in [3.8, 4) is 17.5 Å². The number of nitrogens with two attached hydrogens (primary N) is 1. The van der Waals surface area contributed by atoms with Crippen LogP contribution in [0.5, 0.6) is 17.5 Å². The Balaban J connectivity index is 2.18. The number of anilines is 1. The Morgan fingerprint density at radius 2 is 1.95 bits per heavy atom. The third-order valence-corrected chi connectivity index (χ3v) is 3.16. The number of hydrogen-bond donors (Lipinski definition) is 1. The Morgan fingerprint density at radius 3 is 2.65 bits per heavy atom. The van der Waals surface area contributed by atoms with E-state index in [2.05, 4.69) is 4.98 Å². The van der Waals surface area contributed by atoms with Crippen LogP contribution in [0.2, 0.25) is 10.0 Å². The van der Waals surface area contributed by atoms with Crippen LogP contribution >= 0.6 is 23.2 Å². The molecule has 0 aliphatic carbocycles. The van der Waals surface area contributed by atoms with E-state index in [-0.39, 0.29) is 0 Å². The molecule has 0 atom stereocenters. The highest BCUT2D eigenvalue weighted by atomic mass is 35.5. The van der Waals surface area contributed by atoms with E-state index in [9.17, 15) is 0 Å². The Morgan fingerprint density at radius 1 is 1.15 bits per heavy atom. The number of benzene rings is 1. The van der Waals surface area contributed by atoms with Crippen molar-refractivity contribution in [1.29, 1.82) is 0 Å². The van der Waals surface area contributed by atoms with Crippen LogP contribution in [0.4, 0.5) is 5.69 Å². The van der Waals surface area contributed by atoms with E-state index in [0.717, 1.165) is 6.42 Å². The van der Waals surface area contributed by atoms with Gasteiger partial charge in [-0.05, 0) is 24.6 Å². The van der Waals surface area contributed by atoms with E-state index in [1.807, 2.05) is 6.92 Å². The fraction of sp³-hybridized carbons (Fsp3) is 0.214. The molecule has 20 heavy (non-hydrogen) atoms. The number of pyridine rings is 1. The van der Waals surface area contributed by atoms with Crippen LogP contribution in [0.15, 0.2) is 30.3 Å². The molecule has 1 heterocycles. The molecule has 2 aromatic rings. The first-order chi connectivity index (χ1) is 9.60.